The molecule has 0 aliphatic carbocycles. The highest BCUT2D eigenvalue weighted by Gasteiger charge is 2.39. The Bertz CT molecular complexity index is 742. The number of rotatable bonds is 5. The van der Waals surface area contributed by atoms with E-state index < -0.39 is 6.04 Å². The zero-order valence-electron chi connectivity index (χ0n) is 14.7. The number of fused-ring (bicyclic) bond motifs is 1. The number of carbonyl (C=O) groups excluding carboxylic acids is 3. The topological polar surface area (TPSA) is 90.5 Å². The number of amides is 3. The molecule has 3 amide bonds. The molecule has 3 N–H and O–H groups in total. The summed E-state index contributed by atoms with van der Waals surface area (Å²) in [5, 5.41) is 9.16. The van der Waals surface area contributed by atoms with E-state index in [4.69, 9.17) is 0 Å². The maximum Gasteiger partial charge on any atom is 0.255 e. The van der Waals surface area contributed by atoms with Gasteiger partial charge in [0.15, 0.2) is 0 Å². The molecule has 3 aliphatic rings. The quantitative estimate of drug-likeness (QED) is 0.653. The fraction of sp³-hybridized carbons (Fsp3) is 0.526. The van der Waals surface area contributed by atoms with Crippen molar-refractivity contribution in [2.45, 2.75) is 38.4 Å². The molecule has 7 heteroatoms. The number of piperidine rings is 1. The van der Waals surface area contributed by atoms with Crippen molar-refractivity contribution in [1.29, 1.82) is 0 Å². The van der Waals surface area contributed by atoms with Crippen molar-refractivity contribution < 1.29 is 14.4 Å². The maximum absolute atomic E-state index is 12.8. The third-order valence-electron chi connectivity index (χ3n) is 5.52. The Morgan fingerprint density at radius 2 is 2.08 bits per heavy atom. The normalized spacial score (nSPS) is 25.5. The lowest BCUT2D eigenvalue weighted by atomic mass is 10.0. The van der Waals surface area contributed by atoms with Crippen LogP contribution in [-0.2, 0) is 22.7 Å². The van der Waals surface area contributed by atoms with Gasteiger partial charge in [-0.15, -0.1) is 0 Å². The molecular formula is C19H24N4O3. The van der Waals surface area contributed by atoms with Crippen LogP contribution in [0.1, 0.15) is 40.7 Å². The number of nitrogens with zero attached hydrogens (tertiary/aromatic N) is 1. The first-order valence-corrected chi connectivity index (χ1v) is 9.29. The summed E-state index contributed by atoms with van der Waals surface area (Å²) < 4.78 is 0. The average molecular weight is 356 g/mol. The van der Waals surface area contributed by atoms with E-state index in [1.807, 2.05) is 18.2 Å². The van der Waals surface area contributed by atoms with E-state index in [1.165, 1.54) is 6.42 Å². The van der Waals surface area contributed by atoms with E-state index in [2.05, 4.69) is 16.0 Å². The van der Waals surface area contributed by atoms with E-state index in [9.17, 15) is 14.4 Å². The third kappa shape index (κ3) is 3.37. The van der Waals surface area contributed by atoms with E-state index in [0.717, 1.165) is 37.3 Å². The smallest absolute Gasteiger partial charge is 0.255 e. The number of nitrogens with one attached hydrogen (secondary N) is 3. The average Bonchev–Trinajstić information content (AvgIpc) is 3.24. The molecule has 1 aromatic carbocycles. The van der Waals surface area contributed by atoms with Crippen LogP contribution in [0.4, 0.5) is 0 Å². The van der Waals surface area contributed by atoms with E-state index in [0.29, 0.717) is 24.4 Å². The summed E-state index contributed by atoms with van der Waals surface area (Å²) in [4.78, 5) is 37.8. The molecule has 0 radical (unpaired) electrons. The molecule has 2 saturated heterocycles. The minimum absolute atomic E-state index is 0.114. The van der Waals surface area contributed by atoms with Gasteiger partial charge in [0.1, 0.15) is 6.04 Å². The van der Waals surface area contributed by atoms with Crippen molar-refractivity contribution in [1.82, 2.24) is 20.9 Å². The van der Waals surface area contributed by atoms with Crippen molar-refractivity contribution in [2.24, 2.45) is 5.92 Å². The summed E-state index contributed by atoms with van der Waals surface area (Å²) >= 11 is 0. The van der Waals surface area contributed by atoms with Crippen molar-refractivity contribution in [3.05, 3.63) is 34.9 Å². The van der Waals surface area contributed by atoms with Crippen LogP contribution in [0.2, 0.25) is 0 Å². The molecule has 7 nitrogen and oxygen atoms in total. The van der Waals surface area contributed by atoms with E-state index in [-0.39, 0.29) is 24.1 Å². The van der Waals surface area contributed by atoms with Gasteiger partial charge in [-0.2, -0.15) is 0 Å². The molecular weight excluding hydrogens is 332 g/mol. The van der Waals surface area contributed by atoms with Crippen molar-refractivity contribution in [3.63, 3.8) is 0 Å². The molecule has 3 heterocycles. The number of hydrogen-bond acceptors (Lipinski definition) is 5. The van der Waals surface area contributed by atoms with Crippen LogP contribution in [0.5, 0.6) is 0 Å². The summed E-state index contributed by atoms with van der Waals surface area (Å²) in [6, 6.07) is 5.40. The first-order chi connectivity index (χ1) is 12.6. The van der Waals surface area contributed by atoms with Crippen molar-refractivity contribution >= 4 is 17.7 Å². The highest BCUT2D eigenvalue weighted by Crippen LogP contribution is 2.28. The molecule has 0 aromatic heterocycles. The van der Waals surface area contributed by atoms with Gasteiger partial charge < -0.3 is 15.5 Å². The van der Waals surface area contributed by atoms with Crippen molar-refractivity contribution in [3.8, 4) is 0 Å². The largest absolute Gasteiger partial charge is 0.322 e. The fourth-order valence-corrected chi connectivity index (χ4v) is 4.02. The lowest BCUT2D eigenvalue weighted by Gasteiger charge is -2.29. The lowest BCUT2D eigenvalue weighted by Crippen LogP contribution is -2.52. The van der Waals surface area contributed by atoms with Gasteiger partial charge in [-0.1, -0.05) is 12.1 Å². The molecule has 4 rings (SSSR count). The minimum atomic E-state index is -0.552. The molecule has 2 fully saturated rings. The highest BCUT2D eigenvalue weighted by molar-refractivity contribution is 6.05. The molecule has 1 unspecified atom stereocenters. The highest BCUT2D eigenvalue weighted by atomic mass is 16.2. The Hall–Kier alpha value is -2.25. The predicted octanol–water partition coefficient (Wildman–Crippen LogP) is 0.147. The van der Waals surface area contributed by atoms with Crippen LogP contribution < -0.4 is 16.0 Å². The Kier molecular flexibility index (Phi) is 4.74. The molecule has 3 aliphatic heterocycles. The van der Waals surface area contributed by atoms with Gasteiger partial charge in [-0.3, -0.25) is 19.7 Å². The van der Waals surface area contributed by atoms with Crippen LogP contribution in [0, 0.1) is 5.92 Å². The van der Waals surface area contributed by atoms with Crippen molar-refractivity contribution in [2.75, 3.05) is 19.6 Å². The van der Waals surface area contributed by atoms with Crippen LogP contribution in [0.15, 0.2) is 18.2 Å². The second-order valence-corrected chi connectivity index (χ2v) is 7.38. The Balaban J connectivity index is 1.40. The van der Waals surface area contributed by atoms with Gasteiger partial charge in [0.05, 0.1) is 0 Å². The second kappa shape index (κ2) is 7.17. The number of hydrogen-bond donors (Lipinski definition) is 3. The van der Waals surface area contributed by atoms with Crippen LogP contribution in [0.25, 0.3) is 0 Å². The molecule has 0 spiro atoms. The van der Waals surface area contributed by atoms with E-state index >= 15 is 0 Å². The standard InChI is InChI=1S/C19H24N4O3/c24-17-4-3-16(18(25)22-17)23-11-14-2-1-12(7-15(14)19(23)26)8-21-10-13-5-6-20-9-13/h1-2,7,13,16,20-21H,3-6,8-11H2,(H,22,24,25)/t13-,16?/m1/s1. The second-order valence-electron chi connectivity index (χ2n) is 7.38. The first kappa shape index (κ1) is 17.2. The van der Waals surface area contributed by atoms with Crippen LogP contribution in [-0.4, -0.2) is 48.3 Å². The predicted molar refractivity (Wildman–Crippen MR) is 95.2 cm³/mol. The molecule has 0 saturated carbocycles. The fourth-order valence-electron chi connectivity index (χ4n) is 4.02. The summed E-state index contributed by atoms with van der Waals surface area (Å²) in [6.45, 7) is 4.30. The van der Waals surface area contributed by atoms with Gasteiger partial charge in [0, 0.05) is 25.1 Å². The summed E-state index contributed by atoms with van der Waals surface area (Å²) in [5.74, 6) is -0.0684. The Labute approximate surface area is 152 Å². The van der Waals surface area contributed by atoms with Gasteiger partial charge in [0.2, 0.25) is 11.8 Å². The summed E-state index contributed by atoms with van der Waals surface area (Å²) in [7, 11) is 0. The van der Waals surface area contributed by atoms with Gasteiger partial charge in [0.25, 0.3) is 5.91 Å². The van der Waals surface area contributed by atoms with Crippen LogP contribution in [0.3, 0.4) is 0 Å². The number of benzene rings is 1. The zero-order chi connectivity index (χ0) is 18.1. The lowest BCUT2D eigenvalue weighted by molar-refractivity contribution is -0.136. The molecule has 138 valence electrons. The molecule has 0 bridgehead atoms. The first-order valence-electron chi connectivity index (χ1n) is 9.29. The zero-order valence-corrected chi connectivity index (χ0v) is 14.7. The van der Waals surface area contributed by atoms with Gasteiger partial charge in [-0.05, 0) is 55.6 Å². The number of imide groups is 1. The summed E-state index contributed by atoms with van der Waals surface area (Å²) in [6.07, 6.45) is 1.88. The van der Waals surface area contributed by atoms with Gasteiger partial charge >= 0.3 is 0 Å². The SMILES string of the molecule is O=C1CCC(N2Cc3ccc(CNC[C@@H]4CCNC4)cc3C2=O)C(=O)N1. The van der Waals surface area contributed by atoms with Gasteiger partial charge in [-0.25, -0.2) is 0 Å². The molecule has 1 aromatic rings. The monoisotopic (exact) mass is 356 g/mol. The van der Waals surface area contributed by atoms with E-state index in [1.54, 1.807) is 4.90 Å². The molecule has 2 atom stereocenters. The molecule has 26 heavy (non-hydrogen) atoms. The summed E-state index contributed by atoms with van der Waals surface area (Å²) in [5.41, 5.74) is 2.70. The Morgan fingerprint density at radius 3 is 2.85 bits per heavy atom. The third-order valence-corrected chi connectivity index (χ3v) is 5.52. The number of carbonyl (C=O) groups is 3. The minimum Gasteiger partial charge on any atom is -0.322 e. The Morgan fingerprint density at radius 1 is 1.19 bits per heavy atom. The van der Waals surface area contributed by atoms with Crippen LogP contribution >= 0.6 is 0 Å². The maximum atomic E-state index is 12.8.